The molecule has 2 atom stereocenters. The number of nitrogens with one attached hydrogen (secondary N) is 1. The molecule has 216 valence electrons. The van der Waals surface area contributed by atoms with Crippen molar-refractivity contribution in [3.63, 3.8) is 0 Å². The van der Waals surface area contributed by atoms with Crippen molar-refractivity contribution in [1.29, 1.82) is 0 Å². The number of aliphatic hydroxyl groups excluding tert-OH is 1. The van der Waals surface area contributed by atoms with Crippen molar-refractivity contribution >= 4 is 44.6 Å². The smallest absolute Gasteiger partial charge is 0.229 e. The van der Waals surface area contributed by atoms with Crippen LogP contribution in [-0.4, -0.2) is 85.2 Å². The van der Waals surface area contributed by atoms with Gasteiger partial charge in [-0.3, -0.25) is 9.62 Å². The topological polar surface area (TPSA) is 116 Å². The zero-order valence-corrected chi connectivity index (χ0v) is 24.2. The van der Waals surface area contributed by atoms with Crippen LogP contribution in [0.3, 0.4) is 0 Å². The number of benzene rings is 1. The number of morpholine rings is 1. The molecule has 5 heterocycles. The van der Waals surface area contributed by atoms with E-state index < -0.39 is 16.3 Å². The summed E-state index contributed by atoms with van der Waals surface area (Å²) in [4.78, 5) is 11.6. The molecule has 3 saturated heterocycles. The van der Waals surface area contributed by atoms with Gasteiger partial charge < -0.3 is 19.6 Å². The number of hydrogen-bond donors (Lipinski definition) is 2. The number of halogens is 1. The van der Waals surface area contributed by atoms with E-state index in [1.807, 2.05) is 15.5 Å². The lowest BCUT2D eigenvalue weighted by Crippen LogP contribution is -2.38. The lowest BCUT2D eigenvalue weighted by molar-refractivity contribution is -0.0451. The molecule has 2 aromatic heterocycles. The molecule has 0 aliphatic carbocycles. The normalized spacial score (nSPS) is 21.7. The van der Waals surface area contributed by atoms with Crippen molar-refractivity contribution in [1.82, 2.24) is 19.5 Å². The predicted molar refractivity (Wildman–Crippen MR) is 156 cm³/mol. The maximum Gasteiger partial charge on any atom is 0.229 e. The van der Waals surface area contributed by atoms with Crippen LogP contribution in [0.2, 0.25) is 5.02 Å². The van der Waals surface area contributed by atoms with Gasteiger partial charge in [-0.2, -0.15) is 9.61 Å². The van der Waals surface area contributed by atoms with Crippen molar-refractivity contribution in [2.24, 2.45) is 0 Å². The van der Waals surface area contributed by atoms with E-state index in [4.69, 9.17) is 26.4 Å². The molecule has 3 aromatic rings. The third-order valence-corrected chi connectivity index (χ3v) is 8.79. The van der Waals surface area contributed by atoms with E-state index in [1.165, 1.54) is 12.8 Å². The summed E-state index contributed by atoms with van der Waals surface area (Å²) in [6, 6.07) is 8.82. The average molecular weight is 590 g/mol. The number of aliphatic hydroxyl groups is 1. The van der Waals surface area contributed by atoms with Gasteiger partial charge in [-0.15, -0.1) is 0 Å². The van der Waals surface area contributed by atoms with E-state index in [0.717, 1.165) is 74.7 Å². The molecular formula is C27H36ClN7O4S. The zero-order chi connectivity index (χ0) is 27.9. The van der Waals surface area contributed by atoms with Gasteiger partial charge in [0.05, 0.1) is 36.9 Å². The first-order chi connectivity index (χ1) is 19.3. The molecule has 3 aliphatic rings. The fourth-order valence-corrected chi connectivity index (χ4v) is 6.80. The molecule has 40 heavy (non-hydrogen) atoms. The highest BCUT2D eigenvalue weighted by Crippen LogP contribution is 2.39. The van der Waals surface area contributed by atoms with Crippen LogP contribution in [-0.2, 0) is 14.8 Å². The molecule has 0 spiro atoms. The lowest BCUT2D eigenvalue weighted by Gasteiger charge is -2.38. The number of fused-ring (bicyclic) bond motifs is 1. The Morgan fingerprint density at radius 1 is 1.02 bits per heavy atom. The van der Waals surface area contributed by atoms with Crippen LogP contribution in [0.15, 0.2) is 30.3 Å². The van der Waals surface area contributed by atoms with Crippen molar-refractivity contribution in [3.8, 4) is 0 Å². The van der Waals surface area contributed by atoms with Gasteiger partial charge in [0, 0.05) is 55.4 Å². The summed E-state index contributed by atoms with van der Waals surface area (Å²) in [7, 11) is -3.55. The number of hydrogen-bond acceptors (Lipinski definition) is 9. The Morgan fingerprint density at radius 3 is 2.52 bits per heavy atom. The molecule has 1 aromatic carbocycles. The Labute approximate surface area is 239 Å². The number of piperidine rings is 1. The number of anilines is 3. The van der Waals surface area contributed by atoms with Crippen LogP contribution in [0, 0.1) is 0 Å². The van der Waals surface area contributed by atoms with Gasteiger partial charge in [-0.05, 0) is 43.9 Å². The Balaban J connectivity index is 1.38. The fraction of sp³-hybridized carbons (Fsp3) is 0.556. The van der Waals surface area contributed by atoms with Gasteiger partial charge in [-0.1, -0.05) is 18.0 Å². The van der Waals surface area contributed by atoms with E-state index in [2.05, 4.69) is 20.6 Å². The summed E-state index contributed by atoms with van der Waals surface area (Å²) < 4.78 is 34.1. The minimum atomic E-state index is -3.55. The number of rotatable bonds is 7. The second kappa shape index (κ2) is 11.3. The molecule has 0 amide bonds. The summed E-state index contributed by atoms with van der Waals surface area (Å²) in [5.41, 5.74) is 2.34. The van der Waals surface area contributed by atoms with Gasteiger partial charge in [0.25, 0.3) is 0 Å². The van der Waals surface area contributed by atoms with Gasteiger partial charge in [-0.25, -0.2) is 13.4 Å². The summed E-state index contributed by atoms with van der Waals surface area (Å²) in [5, 5.41) is 17.1. The van der Waals surface area contributed by atoms with Crippen LogP contribution >= 0.6 is 11.6 Å². The van der Waals surface area contributed by atoms with E-state index in [9.17, 15) is 13.5 Å². The van der Waals surface area contributed by atoms with Crippen LogP contribution < -0.4 is 14.5 Å². The standard InChI is InChI=1S/C27H36ClN7O4S/c1-40(37,38)31-21-8-7-19(28)16-20(21)27(36)34-11-3-2-6-23(34)22-17-25-29-24(32-9-4-5-10-32)18-26(35(25)30-22)33-12-14-39-15-13-33/h7-8,16-18,23,27,31,36H,2-6,9-15H2,1H3/t23-,27?/m0/s1. The second-order valence-electron chi connectivity index (χ2n) is 10.8. The average Bonchev–Trinajstić information content (AvgIpc) is 3.63. The third kappa shape index (κ3) is 5.73. The fourth-order valence-electron chi connectivity index (χ4n) is 6.03. The van der Waals surface area contributed by atoms with E-state index in [1.54, 1.807) is 18.2 Å². The Bertz CT molecular complexity index is 1470. The highest BCUT2D eigenvalue weighted by Gasteiger charge is 2.34. The molecule has 3 aliphatic heterocycles. The number of likely N-dealkylation sites (tertiary alicyclic amines) is 1. The van der Waals surface area contributed by atoms with E-state index in [-0.39, 0.29) is 6.04 Å². The third-order valence-electron chi connectivity index (χ3n) is 7.97. The van der Waals surface area contributed by atoms with Crippen molar-refractivity contribution in [3.05, 3.63) is 46.6 Å². The van der Waals surface area contributed by atoms with Gasteiger partial charge >= 0.3 is 0 Å². The number of nitrogens with zero attached hydrogens (tertiary/aromatic N) is 6. The van der Waals surface area contributed by atoms with Gasteiger partial charge in [0.15, 0.2) is 5.65 Å². The Morgan fingerprint density at radius 2 is 1.77 bits per heavy atom. The number of sulfonamides is 1. The second-order valence-corrected chi connectivity index (χ2v) is 13.0. The molecule has 0 saturated carbocycles. The molecule has 6 rings (SSSR count). The molecule has 2 N–H and O–H groups in total. The first-order valence-electron chi connectivity index (χ1n) is 14.0. The minimum absolute atomic E-state index is 0.178. The Hall–Kier alpha value is -2.64. The quantitative estimate of drug-likeness (QED) is 0.428. The molecule has 0 bridgehead atoms. The summed E-state index contributed by atoms with van der Waals surface area (Å²) >= 11 is 6.29. The van der Waals surface area contributed by atoms with Crippen molar-refractivity contribution < 1.29 is 18.3 Å². The summed E-state index contributed by atoms with van der Waals surface area (Å²) in [6.07, 6.45) is 5.05. The van der Waals surface area contributed by atoms with Crippen molar-refractivity contribution in [2.75, 3.05) is 66.7 Å². The maximum absolute atomic E-state index is 12.0. The van der Waals surface area contributed by atoms with Gasteiger partial charge in [0.2, 0.25) is 10.0 Å². The molecule has 3 fully saturated rings. The van der Waals surface area contributed by atoms with E-state index in [0.29, 0.717) is 36.0 Å². The molecule has 13 heteroatoms. The zero-order valence-electron chi connectivity index (χ0n) is 22.7. The first kappa shape index (κ1) is 27.5. The monoisotopic (exact) mass is 589 g/mol. The van der Waals surface area contributed by atoms with Crippen LogP contribution in [0.5, 0.6) is 0 Å². The van der Waals surface area contributed by atoms with Crippen LogP contribution in [0.4, 0.5) is 17.3 Å². The molecule has 0 radical (unpaired) electrons. The maximum atomic E-state index is 12.0. The first-order valence-corrected chi connectivity index (χ1v) is 16.2. The lowest BCUT2D eigenvalue weighted by atomic mass is 9.97. The molecule has 1 unspecified atom stereocenters. The summed E-state index contributed by atoms with van der Waals surface area (Å²) in [6.45, 7) is 5.54. The SMILES string of the molecule is CS(=O)(=O)Nc1ccc(Cl)cc1C(O)N1CCCC[C@H]1c1cc2nc(N3CCCC3)cc(N3CCOCC3)n2n1. The summed E-state index contributed by atoms with van der Waals surface area (Å²) in [5.74, 6) is 1.97. The van der Waals surface area contributed by atoms with E-state index >= 15 is 0 Å². The highest BCUT2D eigenvalue weighted by molar-refractivity contribution is 7.92. The molecule has 11 nitrogen and oxygen atoms in total. The van der Waals surface area contributed by atoms with Crippen molar-refractivity contribution in [2.45, 2.75) is 44.4 Å². The molecular weight excluding hydrogens is 554 g/mol. The predicted octanol–water partition coefficient (Wildman–Crippen LogP) is 3.41. The largest absolute Gasteiger partial charge is 0.378 e. The number of aromatic nitrogens is 3. The minimum Gasteiger partial charge on any atom is -0.378 e. The Kier molecular flexibility index (Phi) is 7.79. The highest BCUT2D eigenvalue weighted by atomic mass is 35.5. The van der Waals surface area contributed by atoms with Gasteiger partial charge in [0.1, 0.15) is 17.9 Å². The number of ether oxygens (including phenoxy) is 1. The van der Waals surface area contributed by atoms with Crippen LogP contribution in [0.25, 0.3) is 5.65 Å². The van der Waals surface area contributed by atoms with Crippen LogP contribution in [0.1, 0.15) is 55.6 Å².